The van der Waals surface area contributed by atoms with Gasteiger partial charge in [0.25, 0.3) is 0 Å². The van der Waals surface area contributed by atoms with E-state index < -0.39 is 11.7 Å². The highest BCUT2D eigenvalue weighted by Gasteiger charge is 2.58. The summed E-state index contributed by atoms with van der Waals surface area (Å²) in [5, 5.41) is 3.59. The summed E-state index contributed by atoms with van der Waals surface area (Å²) in [6, 6.07) is 5.35. The monoisotopic (exact) mass is 355 g/mol. The Morgan fingerprint density at radius 2 is 2.04 bits per heavy atom. The van der Waals surface area contributed by atoms with Gasteiger partial charge in [0.05, 0.1) is 7.11 Å². The zero-order valence-electron chi connectivity index (χ0n) is 14.3. The minimum absolute atomic E-state index is 0.00740. The van der Waals surface area contributed by atoms with Crippen LogP contribution in [0, 0.1) is 0 Å². The number of rotatable bonds is 6. The smallest absolute Gasteiger partial charge is 0.412 e. The molecule has 2 heterocycles. The molecule has 0 saturated heterocycles. The third-order valence-electron chi connectivity index (χ3n) is 5.08. The van der Waals surface area contributed by atoms with Crippen molar-refractivity contribution in [3.8, 4) is 5.75 Å². The predicted octanol–water partition coefficient (Wildman–Crippen LogP) is 3.60. The molecule has 0 fully saturated rings. The molecule has 138 valence electrons. The molecule has 25 heavy (non-hydrogen) atoms. The number of halogens is 3. The zero-order chi connectivity index (χ0) is 18.1. The minimum Gasteiger partial charge on any atom is -0.497 e. The van der Waals surface area contributed by atoms with Crippen LogP contribution in [0.3, 0.4) is 0 Å². The second kappa shape index (κ2) is 6.88. The molecule has 0 radical (unpaired) electrons. The molecular formula is C18H24F3N3O. The fraction of sp³-hybridized carbons (Fsp3) is 0.556. The molecule has 3 rings (SSSR count). The van der Waals surface area contributed by atoms with Crippen LogP contribution < -0.4 is 15.8 Å². The Hall–Kier alpha value is -1.73. The number of alkyl halides is 3. The fourth-order valence-electron chi connectivity index (χ4n) is 3.78. The first kappa shape index (κ1) is 18.1. The maximum absolute atomic E-state index is 14.1. The van der Waals surface area contributed by atoms with E-state index in [1.54, 1.807) is 19.2 Å². The number of ether oxygens (including phenoxy) is 1. The van der Waals surface area contributed by atoms with E-state index in [0.717, 1.165) is 17.4 Å². The fourth-order valence-corrected chi connectivity index (χ4v) is 3.78. The number of nitrogens with two attached hydrogens (primary N) is 1. The van der Waals surface area contributed by atoms with Crippen molar-refractivity contribution in [2.24, 2.45) is 5.73 Å². The molecule has 0 saturated carbocycles. The SMILES string of the molecule is COc1ccc2[nH]c3c(c2c1)CCNC3(CCCCCN)C(F)(F)F. The number of hydrogen-bond donors (Lipinski definition) is 3. The third-order valence-corrected chi connectivity index (χ3v) is 5.08. The van der Waals surface area contributed by atoms with Crippen LogP contribution in [0.25, 0.3) is 10.9 Å². The molecule has 1 aromatic heterocycles. The first-order chi connectivity index (χ1) is 11.9. The van der Waals surface area contributed by atoms with Crippen LogP contribution in [0.2, 0.25) is 0 Å². The molecule has 1 aliphatic rings. The van der Waals surface area contributed by atoms with Gasteiger partial charge in [0, 0.05) is 23.1 Å². The second-order valence-corrected chi connectivity index (χ2v) is 6.57. The Balaban J connectivity index is 2.07. The minimum atomic E-state index is -4.38. The summed E-state index contributed by atoms with van der Waals surface area (Å²) in [6.45, 7) is 0.803. The Labute approximate surface area is 144 Å². The number of aromatic amines is 1. The normalized spacial score (nSPS) is 20.7. The molecule has 2 aromatic rings. The van der Waals surface area contributed by atoms with Crippen molar-refractivity contribution in [3.63, 3.8) is 0 Å². The Kier molecular flexibility index (Phi) is 4.97. The van der Waals surface area contributed by atoms with Crippen LogP contribution in [-0.4, -0.2) is 31.4 Å². The molecular weight excluding hydrogens is 331 g/mol. The predicted molar refractivity (Wildman–Crippen MR) is 91.8 cm³/mol. The highest BCUT2D eigenvalue weighted by Crippen LogP contribution is 2.47. The van der Waals surface area contributed by atoms with Crippen molar-refractivity contribution >= 4 is 10.9 Å². The molecule has 4 N–H and O–H groups in total. The van der Waals surface area contributed by atoms with E-state index in [2.05, 4.69) is 10.3 Å². The largest absolute Gasteiger partial charge is 0.497 e. The van der Waals surface area contributed by atoms with Gasteiger partial charge >= 0.3 is 6.18 Å². The van der Waals surface area contributed by atoms with Crippen LogP contribution in [0.4, 0.5) is 13.2 Å². The summed E-state index contributed by atoms with van der Waals surface area (Å²) in [5.74, 6) is 0.647. The standard InChI is InChI=1S/C18H24F3N3O/c1-25-12-5-6-15-14(11-12)13-7-10-23-17(16(13)24-15,18(19,20)21)8-3-2-4-9-22/h5-6,11,23-24H,2-4,7-10,22H2,1H3. The summed E-state index contributed by atoms with van der Waals surface area (Å²) in [7, 11) is 1.55. The molecule has 0 aliphatic carbocycles. The van der Waals surface area contributed by atoms with Crippen LogP contribution in [-0.2, 0) is 12.0 Å². The lowest BCUT2D eigenvalue weighted by atomic mass is 9.82. The summed E-state index contributed by atoms with van der Waals surface area (Å²) in [4.78, 5) is 3.04. The lowest BCUT2D eigenvalue weighted by Gasteiger charge is -2.40. The number of nitrogens with one attached hydrogen (secondary N) is 2. The highest BCUT2D eigenvalue weighted by molar-refractivity contribution is 5.87. The summed E-state index contributed by atoms with van der Waals surface area (Å²) < 4.78 is 47.6. The zero-order valence-corrected chi connectivity index (χ0v) is 14.3. The van der Waals surface area contributed by atoms with Gasteiger partial charge in [-0.2, -0.15) is 13.2 Å². The van der Waals surface area contributed by atoms with Crippen molar-refractivity contribution < 1.29 is 17.9 Å². The van der Waals surface area contributed by atoms with Gasteiger partial charge in [0.1, 0.15) is 5.75 Å². The number of H-pyrrole nitrogens is 1. The highest BCUT2D eigenvalue weighted by atomic mass is 19.4. The van der Waals surface area contributed by atoms with E-state index in [4.69, 9.17) is 10.5 Å². The van der Waals surface area contributed by atoms with Crippen molar-refractivity contribution in [2.75, 3.05) is 20.2 Å². The van der Waals surface area contributed by atoms with E-state index in [1.807, 2.05) is 6.07 Å². The number of hydrogen-bond acceptors (Lipinski definition) is 3. The summed E-state index contributed by atoms with van der Waals surface area (Å²) >= 11 is 0. The lowest BCUT2D eigenvalue weighted by molar-refractivity contribution is -0.206. The average Bonchev–Trinajstić information content (AvgIpc) is 2.96. The van der Waals surface area contributed by atoms with E-state index >= 15 is 0 Å². The first-order valence-electron chi connectivity index (χ1n) is 8.64. The van der Waals surface area contributed by atoms with Gasteiger partial charge in [0.15, 0.2) is 5.54 Å². The maximum Gasteiger partial charge on any atom is 0.412 e. The number of unbranched alkanes of at least 4 members (excludes halogenated alkanes) is 2. The van der Waals surface area contributed by atoms with Crippen molar-refractivity contribution in [2.45, 2.75) is 43.8 Å². The van der Waals surface area contributed by atoms with Crippen LogP contribution in [0.1, 0.15) is 36.9 Å². The summed E-state index contributed by atoms with van der Waals surface area (Å²) in [6.07, 6.45) is -1.90. The van der Waals surface area contributed by atoms with Crippen LogP contribution in [0.15, 0.2) is 18.2 Å². The van der Waals surface area contributed by atoms with E-state index in [-0.39, 0.29) is 12.1 Å². The van der Waals surface area contributed by atoms with Crippen LogP contribution >= 0.6 is 0 Å². The quantitative estimate of drug-likeness (QED) is 0.694. The molecule has 0 bridgehead atoms. The van der Waals surface area contributed by atoms with Gasteiger partial charge in [-0.3, -0.25) is 5.32 Å². The summed E-state index contributed by atoms with van der Waals surface area (Å²) in [5.41, 5.74) is 5.14. The van der Waals surface area contributed by atoms with Crippen LogP contribution in [0.5, 0.6) is 5.75 Å². The molecule has 4 nitrogen and oxygen atoms in total. The van der Waals surface area contributed by atoms with Gasteiger partial charge in [0.2, 0.25) is 0 Å². The van der Waals surface area contributed by atoms with E-state index in [9.17, 15) is 13.2 Å². The Morgan fingerprint density at radius 1 is 1.24 bits per heavy atom. The molecule has 1 atom stereocenters. The van der Waals surface area contributed by atoms with Gasteiger partial charge < -0.3 is 15.5 Å². The van der Waals surface area contributed by atoms with E-state index in [1.165, 1.54) is 0 Å². The Morgan fingerprint density at radius 3 is 2.72 bits per heavy atom. The number of fused-ring (bicyclic) bond motifs is 3. The van der Waals surface area contributed by atoms with E-state index in [0.29, 0.717) is 43.6 Å². The van der Waals surface area contributed by atoms with Gasteiger partial charge in [-0.1, -0.05) is 12.8 Å². The average molecular weight is 355 g/mol. The second-order valence-electron chi connectivity index (χ2n) is 6.57. The Bertz CT molecular complexity index is 741. The van der Waals surface area contributed by atoms with Crippen molar-refractivity contribution in [1.82, 2.24) is 10.3 Å². The van der Waals surface area contributed by atoms with Gasteiger partial charge in [-0.25, -0.2) is 0 Å². The third kappa shape index (κ3) is 3.11. The lowest BCUT2D eigenvalue weighted by Crippen LogP contribution is -2.57. The molecule has 1 unspecified atom stereocenters. The van der Waals surface area contributed by atoms with Gasteiger partial charge in [-0.15, -0.1) is 0 Å². The van der Waals surface area contributed by atoms with Crippen molar-refractivity contribution in [1.29, 1.82) is 0 Å². The first-order valence-corrected chi connectivity index (χ1v) is 8.64. The topological polar surface area (TPSA) is 63.1 Å². The molecule has 0 amide bonds. The molecule has 7 heteroatoms. The maximum atomic E-state index is 14.1. The molecule has 1 aliphatic heterocycles. The number of methoxy groups -OCH3 is 1. The number of aromatic nitrogens is 1. The molecule has 0 spiro atoms. The number of benzene rings is 1. The van der Waals surface area contributed by atoms with Gasteiger partial charge in [-0.05, 0) is 49.6 Å². The molecule has 1 aromatic carbocycles. The van der Waals surface area contributed by atoms with Crippen molar-refractivity contribution in [3.05, 3.63) is 29.5 Å².